The molecule has 20 heavy (non-hydrogen) atoms. The Morgan fingerprint density at radius 3 is 2.25 bits per heavy atom. The Morgan fingerprint density at radius 1 is 1.10 bits per heavy atom. The second-order valence-corrected chi connectivity index (χ2v) is 7.71. The van der Waals surface area contributed by atoms with Gasteiger partial charge in [0, 0.05) is 61.5 Å². The molecule has 4 nitrogen and oxygen atoms in total. The van der Waals surface area contributed by atoms with Gasteiger partial charge in [0.15, 0.2) is 0 Å². The molecule has 1 heterocycles. The van der Waals surface area contributed by atoms with E-state index in [0.29, 0.717) is 5.91 Å². The maximum atomic E-state index is 11.9. The fourth-order valence-corrected chi connectivity index (χ4v) is 2.92. The topological polar surface area (TPSA) is 26.8 Å². The zero-order valence-corrected chi connectivity index (χ0v) is 15.4. The van der Waals surface area contributed by atoms with Crippen molar-refractivity contribution in [1.29, 1.82) is 0 Å². The molecule has 0 spiro atoms. The van der Waals surface area contributed by atoms with E-state index < -0.39 is 0 Å². The summed E-state index contributed by atoms with van der Waals surface area (Å²) in [6.07, 6.45) is 5.26. The molecule has 0 aromatic heterocycles. The summed E-state index contributed by atoms with van der Waals surface area (Å²) in [6, 6.07) is 0. The number of unbranched alkanes of at least 4 members (excludes halogenated alkanes) is 3. The van der Waals surface area contributed by atoms with E-state index in [1.165, 1.54) is 38.8 Å². The highest BCUT2D eigenvalue weighted by atomic mass is 127. The van der Waals surface area contributed by atoms with E-state index in [0.717, 1.165) is 26.2 Å². The number of hydrogen-bond acceptors (Lipinski definition) is 3. The van der Waals surface area contributed by atoms with Gasteiger partial charge in [-0.15, -0.1) is 0 Å². The normalized spacial score (nSPS) is 17.2. The molecule has 0 aromatic carbocycles. The lowest BCUT2D eigenvalue weighted by atomic mass is 10.1. The minimum Gasteiger partial charge on any atom is -0.340 e. The number of piperazine rings is 1. The number of amides is 1. The molecular formula is C15H30IN3O. The van der Waals surface area contributed by atoms with Gasteiger partial charge in [-0.1, -0.05) is 26.7 Å². The third-order valence-corrected chi connectivity index (χ3v) is 4.35. The average molecular weight is 395 g/mol. The molecule has 118 valence electrons. The van der Waals surface area contributed by atoms with E-state index in [4.69, 9.17) is 0 Å². The van der Waals surface area contributed by atoms with E-state index >= 15 is 0 Å². The zero-order valence-electron chi connectivity index (χ0n) is 13.3. The maximum absolute atomic E-state index is 11.9. The number of nitrogens with zero attached hydrogens (tertiary/aromatic N) is 3. The summed E-state index contributed by atoms with van der Waals surface area (Å²) in [5.74, 6) is 0.449. The zero-order chi connectivity index (χ0) is 15.0. The Labute approximate surface area is 138 Å². The van der Waals surface area contributed by atoms with Gasteiger partial charge in [0.05, 0.1) is 0 Å². The first-order valence-electron chi connectivity index (χ1n) is 7.88. The number of carbonyl (C=O) groups is 1. The minimum atomic E-state index is 0.137. The summed E-state index contributed by atoms with van der Waals surface area (Å²) in [7, 11) is 2.12. The van der Waals surface area contributed by atoms with E-state index in [-0.39, 0.29) is 5.92 Å². The second-order valence-electron chi connectivity index (χ2n) is 6.06. The molecule has 0 aliphatic carbocycles. The van der Waals surface area contributed by atoms with Crippen molar-refractivity contribution in [3.63, 3.8) is 0 Å². The Hall–Kier alpha value is 0.120. The second kappa shape index (κ2) is 9.95. The van der Waals surface area contributed by atoms with Gasteiger partial charge >= 0.3 is 0 Å². The van der Waals surface area contributed by atoms with Crippen LogP contribution in [0.3, 0.4) is 0 Å². The van der Waals surface area contributed by atoms with Crippen LogP contribution in [0.25, 0.3) is 0 Å². The molecule has 1 saturated heterocycles. The SMILES string of the molecule is CC(C)C(=O)N1CCN(CCCCCCN(C)I)CC1. The Morgan fingerprint density at radius 2 is 1.70 bits per heavy atom. The molecule has 0 radical (unpaired) electrons. The summed E-state index contributed by atoms with van der Waals surface area (Å²) >= 11 is 2.34. The van der Waals surface area contributed by atoms with Crippen molar-refractivity contribution in [1.82, 2.24) is 12.9 Å². The minimum absolute atomic E-state index is 0.137. The molecule has 1 fully saturated rings. The first kappa shape index (κ1) is 18.2. The van der Waals surface area contributed by atoms with E-state index in [1.54, 1.807) is 0 Å². The molecule has 0 saturated carbocycles. The largest absolute Gasteiger partial charge is 0.340 e. The lowest BCUT2D eigenvalue weighted by Crippen LogP contribution is -2.49. The van der Waals surface area contributed by atoms with Crippen molar-refractivity contribution < 1.29 is 4.79 Å². The average Bonchev–Trinajstić information content (AvgIpc) is 2.42. The van der Waals surface area contributed by atoms with Crippen molar-refractivity contribution in [3.05, 3.63) is 0 Å². The summed E-state index contributed by atoms with van der Waals surface area (Å²) in [5.41, 5.74) is 0. The van der Waals surface area contributed by atoms with Crippen LogP contribution < -0.4 is 0 Å². The van der Waals surface area contributed by atoms with Crippen molar-refractivity contribution in [2.45, 2.75) is 39.5 Å². The van der Waals surface area contributed by atoms with Crippen molar-refractivity contribution >= 4 is 28.8 Å². The molecule has 0 aromatic rings. The Bertz CT molecular complexity index is 276. The van der Waals surface area contributed by atoms with Gasteiger partial charge in [0.25, 0.3) is 0 Å². The van der Waals surface area contributed by atoms with Gasteiger partial charge in [-0.25, -0.2) is 0 Å². The molecule has 1 aliphatic heterocycles. The number of halogens is 1. The summed E-state index contributed by atoms with van der Waals surface area (Å²) < 4.78 is 2.22. The van der Waals surface area contributed by atoms with Crippen molar-refractivity contribution in [2.24, 2.45) is 5.92 Å². The van der Waals surface area contributed by atoms with Gasteiger partial charge in [0.2, 0.25) is 5.91 Å². The fourth-order valence-electron chi connectivity index (χ4n) is 2.58. The first-order valence-corrected chi connectivity index (χ1v) is 8.85. The Balaban J connectivity index is 2.04. The molecule has 1 rings (SSSR count). The Kier molecular flexibility index (Phi) is 9.04. The third kappa shape index (κ3) is 7.22. The van der Waals surface area contributed by atoms with Crippen molar-refractivity contribution in [3.8, 4) is 0 Å². The van der Waals surface area contributed by atoms with E-state index in [2.05, 4.69) is 37.9 Å². The summed E-state index contributed by atoms with van der Waals surface area (Å²) in [6.45, 7) is 10.3. The number of rotatable bonds is 8. The lowest BCUT2D eigenvalue weighted by Gasteiger charge is -2.35. The standard InChI is InChI=1S/C15H30IN3O/c1-14(2)15(20)19-12-10-18(11-13-19)9-7-5-4-6-8-17(3)16/h14H,4-13H2,1-3H3. The fraction of sp³-hybridized carbons (Fsp3) is 0.933. The highest BCUT2D eigenvalue weighted by molar-refractivity contribution is 14.1. The van der Waals surface area contributed by atoms with Gasteiger partial charge in [-0.2, -0.15) is 0 Å². The predicted octanol–water partition coefficient (Wildman–Crippen LogP) is 2.63. The number of carbonyl (C=O) groups excluding carboxylic acids is 1. The van der Waals surface area contributed by atoms with Crippen molar-refractivity contribution in [2.75, 3.05) is 46.3 Å². The molecule has 1 aliphatic rings. The number of hydrogen-bond donors (Lipinski definition) is 0. The quantitative estimate of drug-likeness (QED) is 0.359. The van der Waals surface area contributed by atoms with Crippen LogP contribution in [0.1, 0.15) is 39.5 Å². The molecule has 0 unspecified atom stereocenters. The smallest absolute Gasteiger partial charge is 0.225 e. The van der Waals surface area contributed by atoms with Crippen LogP contribution in [0.4, 0.5) is 0 Å². The van der Waals surface area contributed by atoms with Crippen LogP contribution in [0, 0.1) is 5.92 Å². The summed E-state index contributed by atoms with van der Waals surface area (Å²) in [5, 5.41) is 0. The van der Waals surface area contributed by atoms with Crippen LogP contribution in [0.15, 0.2) is 0 Å². The van der Waals surface area contributed by atoms with Gasteiger partial charge in [-0.05, 0) is 26.4 Å². The van der Waals surface area contributed by atoms with E-state index in [1.807, 2.05) is 18.7 Å². The molecular weight excluding hydrogens is 365 g/mol. The monoisotopic (exact) mass is 395 g/mol. The third-order valence-electron chi connectivity index (χ3n) is 3.87. The van der Waals surface area contributed by atoms with Crippen LogP contribution in [0.2, 0.25) is 0 Å². The summed E-state index contributed by atoms with van der Waals surface area (Å²) in [4.78, 5) is 16.4. The maximum Gasteiger partial charge on any atom is 0.225 e. The van der Waals surface area contributed by atoms with Gasteiger partial charge in [-0.3, -0.25) is 12.8 Å². The molecule has 5 heteroatoms. The highest BCUT2D eigenvalue weighted by Gasteiger charge is 2.22. The molecule has 1 amide bonds. The lowest BCUT2D eigenvalue weighted by molar-refractivity contribution is -0.136. The highest BCUT2D eigenvalue weighted by Crippen LogP contribution is 2.09. The van der Waals surface area contributed by atoms with Crippen LogP contribution >= 0.6 is 22.9 Å². The first-order chi connectivity index (χ1) is 9.50. The van der Waals surface area contributed by atoms with Gasteiger partial charge in [0.1, 0.15) is 0 Å². The molecule has 0 N–H and O–H groups in total. The van der Waals surface area contributed by atoms with Crippen LogP contribution in [0.5, 0.6) is 0 Å². The molecule has 0 bridgehead atoms. The van der Waals surface area contributed by atoms with Crippen LogP contribution in [-0.4, -0.2) is 65.1 Å². The predicted molar refractivity (Wildman–Crippen MR) is 93.0 cm³/mol. The molecule has 0 atom stereocenters. The van der Waals surface area contributed by atoms with Crippen LogP contribution in [-0.2, 0) is 4.79 Å². The van der Waals surface area contributed by atoms with E-state index in [9.17, 15) is 4.79 Å². The van der Waals surface area contributed by atoms with Gasteiger partial charge < -0.3 is 4.90 Å².